The van der Waals surface area contributed by atoms with E-state index in [1.54, 1.807) is 35.6 Å². The number of carbonyl (C=O) groups is 1. The van der Waals surface area contributed by atoms with Gasteiger partial charge < -0.3 is 5.73 Å². The minimum Gasteiger partial charge on any atom is -0.390 e. The summed E-state index contributed by atoms with van der Waals surface area (Å²) >= 11 is 7.45. The molecule has 20 heavy (non-hydrogen) atoms. The van der Waals surface area contributed by atoms with Crippen LogP contribution in [0.3, 0.4) is 0 Å². The summed E-state index contributed by atoms with van der Waals surface area (Å²) in [6, 6.07) is 7.01. The SMILES string of the molecule is CC1CCc2c(sc(N)c2C(=O)c2ccc(Cl)cc2)C1. The smallest absolute Gasteiger partial charge is 0.196 e. The summed E-state index contributed by atoms with van der Waals surface area (Å²) in [5, 5.41) is 1.29. The number of fused-ring (bicyclic) bond motifs is 1. The van der Waals surface area contributed by atoms with E-state index in [9.17, 15) is 4.79 Å². The third-order valence-electron chi connectivity index (χ3n) is 3.87. The van der Waals surface area contributed by atoms with E-state index < -0.39 is 0 Å². The van der Waals surface area contributed by atoms with E-state index in [-0.39, 0.29) is 5.78 Å². The summed E-state index contributed by atoms with van der Waals surface area (Å²) in [4.78, 5) is 14.0. The average molecular weight is 306 g/mol. The molecule has 3 rings (SSSR count). The van der Waals surface area contributed by atoms with Crippen molar-refractivity contribution in [3.8, 4) is 0 Å². The standard InChI is InChI=1S/C16H16ClNOS/c1-9-2-7-12-13(8-9)20-16(18)14(12)15(19)10-3-5-11(17)6-4-10/h3-6,9H,2,7-8,18H2,1H3. The minimum absolute atomic E-state index is 0.0196. The molecule has 1 aromatic heterocycles. The van der Waals surface area contributed by atoms with Gasteiger partial charge >= 0.3 is 0 Å². The van der Waals surface area contributed by atoms with Crippen LogP contribution in [0.5, 0.6) is 0 Å². The fraction of sp³-hybridized carbons (Fsp3) is 0.312. The molecule has 2 aromatic rings. The summed E-state index contributed by atoms with van der Waals surface area (Å²) in [7, 11) is 0. The highest BCUT2D eigenvalue weighted by atomic mass is 35.5. The van der Waals surface area contributed by atoms with Crippen molar-refractivity contribution in [2.24, 2.45) is 5.92 Å². The van der Waals surface area contributed by atoms with Crippen molar-refractivity contribution in [2.75, 3.05) is 5.73 Å². The van der Waals surface area contributed by atoms with Gasteiger partial charge in [0.05, 0.1) is 10.6 Å². The number of anilines is 1. The third kappa shape index (κ3) is 2.36. The van der Waals surface area contributed by atoms with Gasteiger partial charge in [-0.3, -0.25) is 4.79 Å². The third-order valence-corrected chi connectivity index (χ3v) is 5.21. The number of hydrogen-bond donors (Lipinski definition) is 1. The molecule has 0 radical (unpaired) electrons. The van der Waals surface area contributed by atoms with Crippen LogP contribution in [0.1, 0.15) is 39.7 Å². The summed E-state index contributed by atoms with van der Waals surface area (Å²) in [6.07, 6.45) is 3.13. The highest BCUT2D eigenvalue weighted by molar-refractivity contribution is 7.16. The number of hydrogen-bond acceptors (Lipinski definition) is 3. The quantitative estimate of drug-likeness (QED) is 0.839. The molecule has 0 aliphatic heterocycles. The predicted octanol–water partition coefficient (Wildman–Crippen LogP) is 4.34. The Kier molecular flexibility index (Phi) is 3.57. The Balaban J connectivity index is 2.02. The van der Waals surface area contributed by atoms with Crippen molar-refractivity contribution in [3.05, 3.63) is 50.9 Å². The fourth-order valence-electron chi connectivity index (χ4n) is 2.77. The van der Waals surface area contributed by atoms with Gasteiger partial charge in [-0.05, 0) is 55.0 Å². The molecule has 2 nitrogen and oxygen atoms in total. The monoisotopic (exact) mass is 305 g/mol. The maximum Gasteiger partial charge on any atom is 0.196 e. The average Bonchev–Trinajstić information content (AvgIpc) is 2.73. The van der Waals surface area contributed by atoms with Crippen molar-refractivity contribution in [3.63, 3.8) is 0 Å². The number of nitrogens with two attached hydrogens (primary N) is 1. The van der Waals surface area contributed by atoms with E-state index >= 15 is 0 Å². The van der Waals surface area contributed by atoms with Gasteiger partial charge in [0.15, 0.2) is 5.78 Å². The molecule has 1 atom stereocenters. The molecule has 0 spiro atoms. The van der Waals surface area contributed by atoms with Crippen LogP contribution in [-0.4, -0.2) is 5.78 Å². The predicted molar refractivity (Wildman–Crippen MR) is 84.8 cm³/mol. The van der Waals surface area contributed by atoms with Crippen molar-refractivity contribution >= 4 is 33.7 Å². The Hall–Kier alpha value is -1.32. The first-order valence-corrected chi connectivity index (χ1v) is 7.96. The van der Waals surface area contributed by atoms with Crippen LogP contribution in [0.4, 0.5) is 5.00 Å². The maximum absolute atomic E-state index is 12.7. The number of rotatable bonds is 2. The Labute approximate surface area is 127 Å². The number of ketones is 1. The van der Waals surface area contributed by atoms with Crippen molar-refractivity contribution in [1.29, 1.82) is 0 Å². The van der Waals surface area contributed by atoms with E-state index in [4.69, 9.17) is 17.3 Å². The summed E-state index contributed by atoms with van der Waals surface area (Å²) < 4.78 is 0. The largest absolute Gasteiger partial charge is 0.390 e. The highest BCUT2D eigenvalue weighted by Crippen LogP contribution is 2.39. The molecule has 104 valence electrons. The van der Waals surface area contributed by atoms with E-state index in [1.807, 2.05) is 0 Å². The van der Waals surface area contributed by atoms with Gasteiger partial charge in [-0.15, -0.1) is 11.3 Å². The number of halogens is 1. The molecule has 4 heteroatoms. The van der Waals surface area contributed by atoms with Crippen LogP contribution >= 0.6 is 22.9 Å². The lowest BCUT2D eigenvalue weighted by Crippen LogP contribution is -2.13. The zero-order valence-corrected chi connectivity index (χ0v) is 12.9. The molecule has 0 saturated heterocycles. The van der Waals surface area contributed by atoms with Crippen LogP contribution in [0.2, 0.25) is 5.02 Å². The topological polar surface area (TPSA) is 43.1 Å². The molecule has 0 fully saturated rings. The second kappa shape index (κ2) is 5.23. The number of carbonyl (C=O) groups excluding carboxylic acids is 1. The molecule has 0 saturated carbocycles. The van der Waals surface area contributed by atoms with Crippen LogP contribution in [0, 0.1) is 5.92 Å². The Morgan fingerprint density at radius 1 is 1.35 bits per heavy atom. The molecule has 1 heterocycles. The van der Waals surface area contributed by atoms with Crippen LogP contribution < -0.4 is 5.73 Å². The molecule has 1 aromatic carbocycles. The Morgan fingerprint density at radius 3 is 2.75 bits per heavy atom. The molecular formula is C16H16ClNOS. The Morgan fingerprint density at radius 2 is 2.05 bits per heavy atom. The zero-order valence-electron chi connectivity index (χ0n) is 11.3. The maximum atomic E-state index is 12.7. The summed E-state index contributed by atoms with van der Waals surface area (Å²) in [6.45, 7) is 2.25. The summed E-state index contributed by atoms with van der Waals surface area (Å²) in [5.74, 6) is 0.699. The van der Waals surface area contributed by atoms with Crippen molar-refractivity contribution in [1.82, 2.24) is 0 Å². The van der Waals surface area contributed by atoms with Gasteiger partial charge in [0.25, 0.3) is 0 Å². The van der Waals surface area contributed by atoms with Gasteiger partial charge in [-0.1, -0.05) is 18.5 Å². The molecule has 2 N–H and O–H groups in total. The molecule has 0 bridgehead atoms. The first-order chi connectivity index (χ1) is 9.56. The van der Waals surface area contributed by atoms with E-state index in [0.717, 1.165) is 24.8 Å². The van der Waals surface area contributed by atoms with Crippen LogP contribution in [0.15, 0.2) is 24.3 Å². The minimum atomic E-state index is 0.0196. The first kappa shape index (κ1) is 13.7. The van der Waals surface area contributed by atoms with Gasteiger partial charge in [0, 0.05) is 15.5 Å². The van der Waals surface area contributed by atoms with E-state index in [1.165, 1.54) is 10.4 Å². The van der Waals surface area contributed by atoms with Crippen LogP contribution in [-0.2, 0) is 12.8 Å². The van der Waals surface area contributed by atoms with Crippen molar-refractivity contribution < 1.29 is 4.79 Å². The number of benzene rings is 1. The van der Waals surface area contributed by atoms with Gasteiger partial charge in [-0.25, -0.2) is 0 Å². The molecule has 1 unspecified atom stereocenters. The second-order valence-corrected chi connectivity index (χ2v) is 7.00. The molecule has 1 aliphatic rings. The van der Waals surface area contributed by atoms with E-state index in [0.29, 0.717) is 21.5 Å². The Bertz CT molecular complexity index is 660. The second-order valence-electron chi connectivity index (χ2n) is 5.43. The lowest BCUT2D eigenvalue weighted by molar-refractivity contribution is 0.103. The fourth-order valence-corrected chi connectivity index (χ4v) is 4.17. The highest BCUT2D eigenvalue weighted by Gasteiger charge is 2.26. The molecular weight excluding hydrogens is 290 g/mol. The first-order valence-electron chi connectivity index (χ1n) is 6.76. The van der Waals surface area contributed by atoms with Crippen molar-refractivity contribution in [2.45, 2.75) is 26.2 Å². The number of nitrogen functional groups attached to an aromatic ring is 1. The lowest BCUT2D eigenvalue weighted by atomic mass is 9.86. The van der Waals surface area contributed by atoms with Gasteiger partial charge in [0.2, 0.25) is 0 Å². The molecule has 1 aliphatic carbocycles. The van der Waals surface area contributed by atoms with Gasteiger partial charge in [-0.2, -0.15) is 0 Å². The normalized spacial score (nSPS) is 17.8. The van der Waals surface area contributed by atoms with Crippen LogP contribution in [0.25, 0.3) is 0 Å². The van der Waals surface area contributed by atoms with E-state index in [2.05, 4.69) is 6.92 Å². The number of thiophene rings is 1. The van der Waals surface area contributed by atoms with Gasteiger partial charge in [0.1, 0.15) is 0 Å². The molecule has 0 amide bonds. The summed E-state index contributed by atoms with van der Waals surface area (Å²) in [5.41, 5.74) is 8.65. The lowest BCUT2D eigenvalue weighted by Gasteiger charge is -2.18. The zero-order chi connectivity index (χ0) is 14.3.